The zero-order valence-corrected chi connectivity index (χ0v) is 14.4. The Morgan fingerprint density at radius 3 is 2.57 bits per heavy atom. The van der Waals surface area contributed by atoms with Crippen molar-refractivity contribution in [2.45, 2.75) is 38.6 Å². The molecule has 0 unspecified atom stereocenters. The van der Waals surface area contributed by atoms with Crippen LogP contribution in [0.5, 0.6) is 0 Å². The highest BCUT2D eigenvalue weighted by Gasteiger charge is 2.43. The van der Waals surface area contributed by atoms with E-state index in [1.165, 1.54) is 19.3 Å². The van der Waals surface area contributed by atoms with E-state index < -0.39 is 10.0 Å². The van der Waals surface area contributed by atoms with E-state index in [1.807, 2.05) is 19.1 Å². The molecule has 0 aromatic heterocycles. The van der Waals surface area contributed by atoms with E-state index >= 15 is 0 Å². The molecule has 23 heavy (non-hydrogen) atoms. The summed E-state index contributed by atoms with van der Waals surface area (Å²) in [6, 6.07) is 6.97. The van der Waals surface area contributed by atoms with Gasteiger partial charge in [0.25, 0.3) is 0 Å². The molecule has 1 aromatic carbocycles. The summed E-state index contributed by atoms with van der Waals surface area (Å²) in [7, 11) is -3.35. The summed E-state index contributed by atoms with van der Waals surface area (Å²) in [5.74, 6) is 1.51. The molecule has 2 fully saturated rings. The van der Waals surface area contributed by atoms with Gasteiger partial charge in [0.15, 0.2) is 0 Å². The molecule has 2 bridgehead atoms. The number of nitrogens with one attached hydrogen (secondary N) is 2. The largest absolute Gasteiger partial charge is 0.349 e. The molecule has 126 valence electrons. The van der Waals surface area contributed by atoms with Crippen molar-refractivity contribution in [3.05, 3.63) is 29.8 Å². The standard InChI is InChI=1S/C17H24N2O3S/c1-11(14-5-3-4-6-16(14)19-23(2,21)22)18-17(20)15-10-12-7-8-13(15)9-12/h3-6,11-13,15,19H,7-10H2,1-2H3,(H,18,20)/t11-,12+,13+,15+/m1/s1. The summed E-state index contributed by atoms with van der Waals surface area (Å²) in [5.41, 5.74) is 1.31. The maximum absolute atomic E-state index is 12.6. The number of hydrogen-bond acceptors (Lipinski definition) is 3. The molecule has 2 saturated carbocycles. The lowest BCUT2D eigenvalue weighted by Gasteiger charge is -2.24. The molecule has 5 nitrogen and oxygen atoms in total. The van der Waals surface area contributed by atoms with Crippen LogP contribution in [0.3, 0.4) is 0 Å². The number of anilines is 1. The molecule has 3 rings (SSSR count). The maximum Gasteiger partial charge on any atom is 0.229 e. The molecule has 0 aliphatic heterocycles. The topological polar surface area (TPSA) is 75.3 Å². The number of sulfonamides is 1. The number of carbonyl (C=O) groups excluding carboxylic acids is 1. The Morgan fingerprint density at radius 1 is 1.22 bits per heavy atom. The van der Waals surface area contributed by atoms with Gasteiger partial charge >= 0.3 is 0 Å². The minimum atomic E-state index is -3.35. The molecule has 1 aromatic rings. The van der Waals surface area contributed by atoms with Gasteiger partial charge in [-0.05, 0) is 49.7 Å². The van der Waals surface area contributed by atoms with Crippen LogP contribution < -0.4 is 10.0 Å². The second-order valence-corrected chi connectivity index (χ2v) is 8.72. The van der Waals surface area contributed by atoms with Gasteiger partial charge in [0.2, 0.25) is 15.9 Å². The van der Waals surface area contributed by atoms with Gasteiger partial charge in [0, 0.05) is 5.92 Å². The number of benzene rings is 1. The second-order valence-electron chi connectivity index (χ2n) is 6.97. The Bertz CT molecular complexity index is 702. The number of para-hydroxylation sites is 1. The van der Waals surface area contributed by atoms with E-state index in [-0.39, 0.29) is 17.9 Å². The fourth-order valence-corrected chi connectivity index (χ4v) is 4.72. The van der Waals surface area contributed by atoms with Gasteiger partial charge in [-0.1, -0.05) is 24.6 Å². The van der Waals surface area contributed by atoms with Crippen molar-refractivity contribution in [1.82, 2.24) is 5.32 Å². The molecule has 0 saturated heterocycles. The Hall–Kier alpha value is -1.56. The molecule has 4 atom stereocenters. The monoisotopic (exact) mass is 336 g/mol. The fourth-order valence-electron chi connectivity index (χ4n) is 4.13. The Kier molecular flexibility index (Phi) is 4.36. The summed E-state index contributed by atoms with van der Waals surface area (Å²) in [5, 5.41) is 3.08. The summed E-state index contributed by atoms with van der Waals surface area (Å²) in [6.45, 7) is 1.90. The van der Waals surface area contributed by atoms with Crippen LogP contribution in [-0.2, 0) is 14.8 Å². The number of rotatable bonds is 5. The van der Waals surface area contributed by atoms with Crippen LogP contribution >= 0.6 is 0 Å². The van der Waals surface area contributed by atoms with Crippen LogP contribution in [0.1, 0.15) is 44.2 Å². The normalized spacial score (nSPS) is 27.7. The first kappa shape index (κ1) is 16.3. The third kappa shape index (κ3) is 3.68. The number of hydrogen-bond donors (Lipinski definition) is 2. The van der Waals surface area contributed by atoms with Gasteiger partial charge in [-0.3, -0.25) is 9.52 Å². The van der Waals surface area contributed by atoms with Crippen molar-refractivity contribution in [3.8, 4) is 0 Å². The minimum absolute atomic E-state index is 0.110. The number of amides is 1. The molecular weight excluding hydrogens is 312 g/mol. The van der Waals surface area contributed by atoms with Crippen molar-refractivity contribution < 1.29 is 13.2 Å². The van der Waals surface area contributed by atoms with E-state index in [4.69, 9.17) is 0 Å². The van der Waals surface area contributed by atoms with E-state index in [2.05, 4.69) is 10.0 Å². The third-order valence-electron chi connectivity index (χ3n) is 5.16. The van der Waals surface area contributed by atoms with Gasteiger partial charge in [-0.15, -0.1) is 0 Å². The molecule has 2 aliphatic rings. The van der Waals surface area contributed by atoms with Crippen molar-refractivity contribution in [2.24, 2.45) is 17.8 Å². The van der Waals surface area contributed by atoms with Crippen LogP contribution in [-0.4, -0.2) is 20.6 Å². The summed E-state index contributed by atoms with van der Waals surface area (Å²) < 4.78 is 25.5. The highest BCUT2D eigenvalue weighted by molar-refractivity contribution is 7.92. The van der Waals surface area contributed by atoms with E-state index in [0.717, 1.165) is 24.2 Å². The van der Waals surface area contributed by atoms with Crippen LogP contribution in [0.15, 0.2) is 24.3 Å². The number of carbonyl (C=O) groups is 1. The fraction of sp³-hybridized carbons (Fsp3) is 0.588. The van der Waals surface area contributed by atoms with Crippen molar-refractivity contribution in [1.29, 1.82) is 0 Å². The Balaban J connectivity index is 1.71. The summed E-state index contributed by atoms with van der Waals surface area (Å²) in [6.07, 6.45) is 5.77. The smallest absolute Gasteiger partial charge is 0.229 e. The van der Waals surface area contributed by atoms with Crippen molar-refractivity contribution >= 4 is 21.6 Å². The predicted octanol–water partition coefficient (Wildman–Crippen LogP) is 2.67. The lowest BCUT2D eigenvalue weighted by atomic mass is 9.88. The van der Waals surface area contributed by atoms with Gasteiger partial charge in [0.05, 0.1) is 18.0 Å². The van der Waals surface area contributed by atoms with Gasteiger partial charge < -0.3 is 5.32 Å². The molecule has 2 N–H and O–H groups in total. The second kappa shape index (κ2) is 6.15. The summed E-state index contributed by atoms with van der Waals surface area (Å²) in [4.78, 5) is 12.6. The first-order valence-corrected chi connectivity index (χ1v) is 10.1. The van der Waals surface area contributed by atoms with Crippen molar-refractivity contribution in [2.75, 3.05) is 11.0 Å². The Labute approximate surface area is 137 Å². The maximum atomic E-state index is 12.6. The van der Waals surface area contributed by atoms with Gasteiger partial charge in [0.1, 0.15) is 0 Å². The van der Waals surface area contributed by atoms with E-state index in [9.17, 15) is 13.2 Å². The highest BCUT2D eigenvalue weighted by Crippen LogP contribution is 2.48. The third-order valence-corrected chi connectivity index (χ3v) is 5.75. The average Bonchev–Trinajstić information content (AvgIpc) is 3.08. The molecule has 0 heterocycles. The highest BCUT2D eigenvalue weighted by atomic mass is 32.2. The lowest BCUT2D eigenvalue weighted by molar-refractivity contribution is -0.127. The predicted molar refractivity (Wildman–Crippen MR) is 90.4 cm³/mol. The first-order chi connectivity index (χ1) is 10.8. The number of fused-ring (bicyclic) bond motifs is 2. The van der Waals surface area contributed by atoms with Crippen LogP contribution in [0.2, 0.25) is 0 Å². The van der Waals surface area contributed by atoms with Gasteiger partial charge in [-0.2, -0.15) is 0 Å². The molecule has 6 heteroatoms. The van der Waals surface area contributed by atoms with Crippen LogP contribution in [0.4, 0.5) is 5.69 Å². The minimum Gasteiger partial charge on any atom is -0.349 e. The van der Waals surface area contributed by atoms with Crippen LogP contribution in [0.25, 0.3) is 0 Å². The van der Waals surface area contributed by atoms with Gasteiger partial charge in [-0.25, -0.2) is 8.42 Å². The van der Waals surface area contributed by atoms with E-state index in [0.29, 0.717) is 11.6 Å². The zero-order chi connectivity index (χ0) is 16.6. The Morgan fingerprint density at radius 2 is 1.96 bits per heavy atom. The van der Waals surface area contributed by atoms with Crippen molar-refractivity contribution in [3.63, 3.8) is 0 Å². The molecule has 0 spiro atoms. The zero-order valence-electron chi connectivity index (χ0n) is 13.6. The first-order valence-electron chi connectivity index (χ1n) is 8.20. The quantitative estimate of drug-likeness (QED) is 0.868. The molecule has 2 aliphatic carbocycles. The molecule has 0 radical (unpaired) electrons. The SMILES string of the molecule is C[C@@H](NC(=O)[C@H]1C[C@H]2CC[C@H]1C2)c1ccccc1NS(C)(=O)=O. The average molecular weight is 336 g/mol. The molecular formula is C17H24N2O3S. The molecule has 1 amide bonds. The summed E-state index contributed by atoms with van der Waals surface area (Å²) >= 11 is 0. The van der Waals surface area contributed by atoms with E-state index in [1.54, 1.807) is 12.1 Å². The van der Waals surface area contributed by atoms with Crippen LogP contribution in [0, 0.1) is 17.8 Å². The lowest BCUT2D eigenvalue weighted by Crippen LogP contribution is -2.35.